The topological polar surface area (TPSA) is 29.1 Å². The summed E-state index contributed by atoms with van der Waals surface area (Å²) in [6.07, 6.45) is 8.38. The number of hydrogen-bond acceptors (Lipinski definition) is 1. The number of allylic oxidation sites excluding steroid dienone is 1. The van der Waals surface area contributed by atoms with Crippen molar-refractivity contribution < 1.29 is 4.79 Å². The van der Waals surface area contributed by atoms with Gasteiger partial charge in [0.25, 0.3) is 0 Å². The molecule has 74 valence electrons. The first-order valence-corrected chi connectivity index (χ1v) is 4.80. The van der Waals surface area contributed by atoms with E-state index in [0.717, 1.165) is 6.42 Å². The molecule has 0 aromatic rings. The number of carbonyl (C=O) groups excluding carboxylic acids is 1. The third-order valence-electron chi connectivity index (χ3n) is 1.69. The van der Waals surface area contributed by atoms with E-state index < -0.39 is 0 Å². The number of amides is 1. The van der Waals surface area contributed by atoms with E-state index in [1.165, 1.54) is 19.3 Å². The van der Waals surface area contributed by atoms with Crippen LogP contribution in [0.2, 0.25) is 0 Å². The molecule has 0 aliphatic heterocycles. The largest absolute Gasteiger partial charge is 0.329 e. The Morgan fingerprint density at radius 1 is 1.46 bits per heavy atom. The summed E-state index contributed by atoms with van der Waals surface area (Å²) in [5, 5.41) is 2.64. The van der Waals surface area contributed by atoms with Gasteiger partial charge in [0.05, 0.1) is 0 Å². The number of nitrogens with one attached hydrogen (secondary N) is 1. The van der Waals surface area contributed by atoms with Gasteiger partial charge >= 0.3 is 0 Å². The summed E-state index contributed by atoms with van der Waals surface area (Å²) in [6, 6.07) is 0. The second kappa shape index (κ2) is 7.59. The molecule has 1 amide bonds. The van der Waals surface area contributed by atoms with Crippen LogP contribution in [0.15, 0.2) is 24.4 Å². The van der Waals surface area contributed by atoms with Gasteiger partial charge in [0.1, 0.15) is 0 Å². The van der Waals surface area contributed by atoms with E-state index in [4.69, 9.17) is 0 Å². The third kappa shape index (κ3) is 7.32. The van der Waals surface area contributed by atoms with Crippen molar-refractivity contribution in [2.75, 3.05) is 0 Å². The summed E-state index contributed by atoms with van der Waals surface area (Å²) >= 11 is 0. The molecular weight excluding hydrogens is 162 g/mol. The Morgan fingerprint density at radius 3 is 2.69 bits per heavy atom. The van der Waals surface area contributed by atoms with E-state index in [-0.39, 0.29) is 5.91 Å². The van der Waals surface area contributed by atoms with Gasteiger partial charge in [-0.25, -0.2) is 0 Å². The van der Waals surface area contributed by atoms with Gasteiger partial charge in [0.15, 0.2) is 0 Å². The van der Waals surface area contributed by atoms with Gasteiger partial charge in [-0.1, -0.05) is 32.4 Å². The molecule has 0 saturated carbocycles. The van der Waals surface area contributed by atoms with Crippen molar-refractivity contribution in [3.63, 3.8) is 0 Å². The molecule has 13 heavy (non-hydrogen) atoms. The van der Waals surface area contributed by atoms with E-state index in [1.54, 1.807) is 13.1 Å². The number of hydrogen-bond donors (Lipinski definition) is 1. The zero-order valence-electron chi connectivity index (χ0n) is 8.60. The molecule has 0 aliphatic carbocycles. The molecule has 1 N–H and O–H groups in total. The zero-order chi connectivity index (χ0) is 10.1. The maximum absolute atomic E-state index is 11.0. The van der Waals surface area contributed by atoms with Crippen molar-refractivity contribution in [1.29, 1.82) is 0 Å². The van der Waals surface area contributed by atoms with Crippen LogP contribution in [0.5, 0.6) is 0 Å². The fourth-order valence-corrected chi connectivity index (χ4v) is 0.853. The Bertz CT molecular complexity index is 194. The lowest BCUT2D eigenvalue weighted by atomic mass is 10.2. The highest BCUT2D eigenvalue weighted by Crippen LogP contribution is 1.98. The van der Waals surface area contributed by atoms with Crippen LogP contribution in [-0.4, -0.2) is 5.91 Å². The molecule has 0 aromatic heterocycles. The Balaban J connectivity index is 3.41. The Morgan fingerprint density at radius 2 is 2.15 bits per heavy atom. The Labute approximate surface area is 80.7 Å². The molecule has 0 rings (SSSR count). The molecule has 0 aromatic carbocycles. The number of carbonyl (C=O) groups is 1. The predicted octanol–water partition coefficient (Wildman–Crippen LogP) is 2.77. The molecule has 0 aliphatic rings. The SMILES string of the molecule is C=C(C)C(=O)NC=CCCCCC. The standard InChI is InChI=1S/C11H19NO/c1-4-5-6-7-8-9-12-11(13)10(2)3/h8-9H,2,4-7H2,1,3H3,(H,12,13). The highest BCUT2D eigenvalue weighted by Gasteiger charge is 1.95. The lowest BCUT2D eigenvalue weighted by Crippen LogP contribution is -2.16. The first-order chi connectivity index (χ1) is 6.18. The summed E-state index contributed by atoms with van der Waals surface area (Å²) in [4.78, 5) is 11.0. The lowest BCUT2D eigenvalue weighted by molar-refractivity contribution is -0.116. The second-order valence-electron chi connectivity index (χ2n) is 3.15. The van der Waals surface area contributed by atoms with Crippen LogP contribution in [0.1, 0.15) is 39.5 Å². The van der Waals surface area contributed by atoms with Crippen LogP contribution in [0.25, 0.3) is 0 Å². The molecule has 2 heteroatoms. The third-order valence-corrected chi connectivity index (χ3v) is 1.69. The zero-order valence-corrected chi connectivity index (χ0v) is 8.60. The Kier molecular flexibility index (Phi) is 6.98. The van der Waals surface area contributed by atoms with Crippen molar-refractivity contribution >= 4 is 5.91 Å². The summed E-state index contributed by atoms with van der Waals surface area (Å²) in [5.41, 5.74) is 0.540. The number of unbranched alkanes of at least 4 members (excludes halogenated alkanes) is 3. The van der Waals surface area contributed by atoms with Crippen LogP contribution < -0.4 is 5.32 Å². The van der Waals surface area contributed by atoms with E-state index in [2.05, 4.69) is 18.8 Å². The van der Waals surface area contributed by atoms with Crippen molar-refractivity contribution in [2.24, 2.45) is 0 Å². The smallest absolute Gasteiger partial charge is 0.250 e. The Hall–Kier alpha value is -1.05. The van der Waals surface area contributed by atoms with Gasteiger partial charge < -0.3 is 5.32 Å². The highest BCUT2D eigenvalue weighted by atomic mass is 16.1. The molecular formula is C11H19NO. The molecule has 0 bridgehead atoms. The first-order valence-electron chi connectivity index (χ1n) is 4.80. The normalized spacial score (nSPS) is 10.3. The molecule has 2 nitrogen and oxygen atoms in total. The van der Waals surface area contributed by atoms with E-state index in [9.17, 15) is 4.79 Å². The highest BCUT2D eigenvalue weighted by molar-refractivity contribution is 5.92. The molecule has 0 radical (unpaired) electrons. The fourth-order valence-electron chi connectivity index (χ4n) is 0.853. The van der Waals surface area contributed by atoms with Crippen LogP contribution in [0, 0.1) is 0 Å². The van der Waals surface area contributed by atoms with Crippen LogP contribution >= 0.6 is 0 Å². The van der Waals surface area contributed by atoms with Crippen LogP contribution in [-0.2, 0) is 4.79 Å². The van der Waals surface area contributed by atoms with Gasteiger partial charge in [-0.15, -0.1) is 0 Å². The number of rotatable bonds is 6. The predicted molar refractivity (Wildman–Crippen MR) is 56.2 cm³/mol. The molecule has 0 unspecified atom stereocenters. The maximum Gasteiger partial charge on any atom is 0.250 e. The van der Waals surface area contributed by atoms with Crippen LogP contribution in [0.3, 0.4) is 0 Å². The van der Waals surface area contributed by atoms with Crippen molar-refractivity contribution in [3.8, 4) is 0 Å². The minimum Gasteiger partial charge on any atom is -0.329 e. The van der Waals surface area contributed by atoms with E-state index in [0.29, 0.717) is 5.57 Å². The molecule has 0 spiro atoms. The van der Waals surface area contributed by atoms with Crippen molar-refractivity contribution in [1.82, 2.24) is 5.32 Å². The molecule has 0 fully saturated rings. The van der Waals surface area contributed by atoms with Crippen molar-refractivity contribution in [3.05, 3.63) is 24.4 Å². The molecule has 0 saturated heterocycles. The fraction of sp³-hybridized carbons (Fsp3) is 0.545. The summed E-state index contributed by atoms with van der Waals surface area (Å²) in [5.74, 6) is -0.105. The average Bonchev–Trinajstić information content (AvgIpc) is 2.10. The van der Waals surface area contributed by atoms with Crippen molar-refractivity contribution in [2.45, 2.75) is 39.5 Å². The summed E-state index contributed by atoms with van der Waals surface area (Å²) in [7, 11) is 0. The summed E-state index contributed by atoms with van der Waals surface area (Å²) in [6.45, 7) is 7.41. The molecule has 0 atom stereocenters. The minimum absolute atomic E-state index is 0.105. The second-order valence-corrected chi connectivity index (χ2v) is 3.15. The first kappa shape index (κ1) is 11.9. The quantitative estimate of drug-likeness (QED) is 0.495. The maximum atomic E-state index is 11.0. The van der Waals surface area contributed by atoms with Gasteiger partial charge in [-0.2, -0.15) is 0 Å². The minimum atomic E-state index is -0.105. The van der Waals surface area contributed by atoms with Crippen LogP contribution in [0.4, 0.5) is 0 Å². The van der Waals surface area contributed by atoms with Gasteiger partial charge in [-0.3, -0.25) is 4.79 Å². The van der Waals surface area contributed by atoms with Gasteiger partial charge in [0.2, 0.25) is 5.91 Å². The van der Waals surface area contributed by atoms with E-state index in [1.807, 2.05) is 6.08 Å². The lowest BCUT2D eigenvalue weighted by Gasteiger charge is -1.96. The summed E-state index contributed by atoms with van der Waals surface area (Å²) < 4.78 is 0. The van der Waals surface area contributed by atoms with Gasteiger partial charge in [0, 0.05) is 11.8 Å². The average molecular weight is 181 g/mol. The van der Waals surface area contributed by atoms with Gasteiger partial charge in [-0.05, 0) is 19.8 Å². The van der Waals surface area contributed by atoms with E-state index >= 15 is 0 Å². The molecule has 0 heterocycles. The monoisotopic (exact) mass is 181 g/mol.